The minimum absolute atomic E-state index is 0.225. The fourth-order valence-corrected chi connectivity index (χ4v) is 3.47. The van der Waals surface area contributed by atoms with Crippen LogP contribution in [0.2, 0.25) is 0 Å². The van der Waals surface area contributed by atoms with Crippen molar-refractivity contribution in [1.29, 1.82) is 0 Å². The van der Waals surface area contributed by atoms with Gasteiger partial charge in [0.05, 0.1) is 10.2 Å². The zero-order chi connectivity index (χ0) is 16.4. The summed E-state index contributed by atoms with van der Waals surface area (Å²) in [5, 5.41) is 5.94. The molecule has 9 heteroatoms. The van der Waals surface area contributed by atoms with Crippen molar-refractivity contribution in [2.24, 2.45) is 0 Å². The number of benzene rings is 1. The Bertz CT molecular complexity index is 864. The van der Waals surface area contributed by atoms with Gasteiger partial charge in [0.15, 0.2) is 5.13 Å². The summed E-state index contributed by atoms with van der Waals surface area (Å²) in [6, 6.07) is 3.59. The van der Waals surface area contributed by atoms with E-state index < -0.39 is 0 Å². The Morgan fingerprint density at radius 1 is 1.35 bits per heavy atom. The van der Waals surface area contributed by atoms with Crippen LogP contribution in [0.3, 0.4) is 0 Å². The SMILES string of the molecule is CCNC(=O)Nc1nc2cc(Br)cc(-c3cnc(N)nc3)c2s1. The van der Waals surface area contributed by atoms with Crippen molar-refractivity contribution in [3.8, 4) is 11.1 Å². The zero-order valence-electron chi connectivity index (χ0n) is 12.1. The number of nitrogens with zero attached hydrogens (tertiary/aromatic N) is 3. The topological polar surface area (TPSA) is 106 Å². The Hall–Kier alpha value is -2.26. The Kier molecular flexibility index (Phi) is 4.39. The molecule has 3 rings (SSSR count). The van der Waals surface area contributed by atoms with E-state index in [4.69, 9.17) is 5.73 Å². The number of halogens is 1. The van der Waals surface area contributed by atoms with Gasteiger partial charge in [0.25, 0.3) is 0 Å². The number of fused-ring (bicyclic) bond motifs is 1. The lowest BCUT2D eigenvalue weighted by molar-refractivity contribution is 0.252. The van der Waals surface area contributed by atoms with Crippen molar-refractivity contribution in [3.63, 3.8) is 0 Å². The predicted octanol–water partition coefficient (Wildman–Crippen LogP) is 3.24. The standard InChI is InChI=1S/C14H13BrN6OS/c1-2-17-13(22)21-14-20-10-4-8(15)3-9(11(10)23-14)7-5-18-12(16)19-6-7/h3-6H,2H2,1H3,(H2,16,18,19)(H2,17,20,21,22). The number of hydrogen-bond donors (Lipinski definition) is 3. The van der Waals surface area contributed by atoms with Gasteiger partial charge in [-0.1, -0.05) is 27.3 Å². The summed E-state index contributed by atoms with van der Waals surface area (Å²) in [4.78, 5) is 24.2. The van der Waals surface area contributed by atoms with Crippen molar-refractivity contribution < 1.29 is 4.79 Å². The number of nitrogen functional groups attached to an aromatic ring is 1. The maximum atomic E-state index is 11.6. The number of rotatable bonds is 3. The second-order valence-corrected chi connectivity index (χ2v) is 6.55. The third-order valence-corrected chi connectivity index (χ3v) is 4.47. The van der Waals surface area contributed by atoms with Crippen LogP contribution in [-0.2, 0) is 0 Å². The van der Waals surface area contributed by atoms with Crippen LogP contribution >= 0.6 is 27.3 Å². The Labute approximate surface area is 144 Å². The third kappa shape index (κ3) is 3.40. The highest BCUT2D eigenvalue weighted by Gasteiger charge is 2.13. The molecule has 7 nitrogen and oxygen atoms in total. The lowest BCUT2D eigenvalue weighted by Crippen LogP contribution is -2.28. The van der Waals surface area contributed by atoms with Crippen molar-refractivity contribution >= 4 is 54.6 Å². The number of carbonyl (C=O) groups excluding carboxylic acids is 1. The Balaban J connectivity index is 2.05. The minimum atomic E-state index is -0.275. The number of nitrogens with two attached hydrogens (primary N) is 1. The highest BCUT2D eigenvalue weighted by Crippen LogP contribution is 2.37. The molecule has 1 aromatic carbocycles. The first-order valence-corrected chi connectivity index (χ1v) is 8.40. The van der Waals surface area contributed by atoms with E-state index >= 15 is 0 Å². The average Bonchev–Trinajstić information content (AvgIpc) is 2.89. The van der Waals surface area contributed by atoms with E-state index in [0.717, 1.165) is 25.8 Å². The number of thiazole rings is 1. The molecule has 0 spiro atoms. The molecule has 3 aromatic rings. The lowest BCUT2D eigenvalue weighted by atomic mass is 10.1. The molecule has 118 valence electrons. The molecule has 0 radical (unpaired) electrons. The van der Waals surface area contributed by atoms with Crippen LogP contribution in [0.5, 0.6) is 0 Å². The van der Waals surface area contributed by atoms with Crippen LogP contribution in [0, 0.1) is 0 Å². The summed E-state index contributed by atoms with van der Waals surface area (Å²) < 4.78 is 1.82. The van der Waals surface area contributed by atoms with Crippen LogP contribution in [0.1, 0.15) is 6.92 Å². The molecule has 0 aliphatic carbocycles. The molecule has 2 aromatic heterocycles. The average molecular weight is 393 g/mol. The van der Waals surface area contributed by atoms with Crippen molar-refractivity contribution in [3.05, 3.63) is 29.0 Å². The van der Waals surface area contributed by atoms with Gasteiger partial charge >= 0.3 is 6.03 Å². The first kappa shape index (κ1) is 15.6. The van der Waals surface area contributed by atoms with E-state index in [1.165, 1.54) is 11.3 Å². The molecule has 0 aliphatic rings. The van der Waals surface area contributed by atoms with E-state index in [2.05, 4.69) is 41.5 Å². The van der Waals surface area contributed by atoms with Crippen LogP contribution in [0.15, 0.2) is 29.0 Å². The second-order valence-electron chi connectivity index (χ2n) is 4.64. The smallest absolute Gasteiger partial charge is 0.321 e. The minimum Gasteiger partial charge on any atom is -0.368 e. The summed E-state index contributed by atoms with van der Waals surface area (Å²) in [7, 11) is 0. The Morgan fingerprint density at radius 3 is 2.78 bits per heavy atom. The number of nitrogens with one attached hydrogen (secondary N) is 2. The summed E-state index contributed by atoms with van der Waals surface area (Å²) in [6.07, 6.45) is 3.33. The molecule has 0 atom stereocenters. The van der Waals surface area contributed by atoms with Gasteiger partial charge in [-0.2, -0.15) is 0 Å². The van der Waals surface area contributed by atoms with Gasteiger partial charge < -0.3 is 11.1 Å². The van der Waals surface area contributed by atoms with Crippen molar-refractivity contribution in [2.45, 2.75) is 6.92 Å². The highest BCUT2D eigenvalue weighted by atomic mass is 79.9. The van der Waals surface area contributed by atoms with Gasteiger partial charge in [0.1, 0.15) is 0 Å². The largest absolute Gasteiger partial charge is 0.368 e. The van der Waals surface area contributed by atoms with E-state index in [9.17, 15) is 4.79 Å². The maximum Gasteiger partial charge on any atom is 0.321 e. The summed E-state index contributed by atoms with van der Waals surface area (Å²) in [5.74, 6) is 0.225. The van der Waals surface area contributed by atoms with Gasteiger partial charge in [-0.15, -0.1) is 0 Å². The van der Waals surface area contributed by atoms with Gasteiger partial charge in [-0.3, -0.25) is 5.32 Å². The number of amides is 2. The molecule has 0 fully saturated rings. The predicted molar refractivity (Wildman–Crippen MR) is 95.5 cm³/mol. The van der Waals surface area contributed by atoms with E-state index in [0.29, 0.717) is 11.7 Å². The molecule has 2 amide bonds. The molecule has 0 unspecified atom stereocenters. The fraction of sp³-hybridized carbons (Fsp3) is 0.143. The summed E-state index contributed by atoms with van der Waals surface area (Å²) >= 11 is 4.87. The van der Waals surface area contributed by atoms with Crippen LogP contribution in [0.25, 0.3) is 21.3 Å². The van der Waals surface area contributed by atoms with Gasteiger partial charge in [-0.05, 0) is 19.1 Å². The first-order valence-electron chi connectivity index (χ1n) is 6.79. The Morgan fingerprint density at radius 2 is 2.09 bits per heavy atom. The summed E-state index contributed by atoms with van der Waals surface area (Å²) in [5.41, 5.74) is 8.08. The molecule has 0 bridgehead atoms. The number of aromatic nitrogens is 3. The van der Waals surface area contributed by atoms with Gasteiger partial charge in [-0.25, -0.2) is 19.7 Å². The van der Waals surface area contributed by atoms with Crippen molar-refractivity contribution in [1.82, 2.24) is 20.3 Å². The molecule has 23 heavy (non-hydrogen) atoms. The molecular formula is C14H13BrN6OS. The number of hydrogen-bond acceptors (Lipinski definition) is 6. The molecule has 2 heterocycles. The normalized spacial score (nSPS) is 10.7. The third-order valence-electron chi connectivity index (χ3n) is 3.00. The zero-order valence-corrected chi connectivity index (χ0v) is 14.5. The molecular weight excluding hydrogens is 380 g/mol. The lowest BCUT2D eigenvalue weighted by Gasteiger charge is -2.03. The van der Waals surface area contributed by atoms with Crippen LogP contribution in [-0.4, -0.2) is 27.5 Å². The number of carbonyl (C=O) groups is 1. The van der Waals surface area contributed by atoms with E-state index in [1.54, 1.807) is 12.4 Å². The number of urea groups is 1. The van der Waals surface area contributed by atoms with Gasteiger partial charge in [0, 0.05) is 34.5 Å². The van der Waals surface area contributed by atoms with E-state index in [-0.39, 0.29) is 12.0 Å². The molecule has 0 saturated heterocycles. The van der Waals surface area contributed by atoms with Crippen LogP contribution < -0.4 is 16.4 Å². The number of anilines is 2. The summed E-state index contributed by atoms with van der Waals surface area (Å²) in [6.45, 7) is 2.41. The van der Waals surface area contributed by atoms with E-state index in [1.807, 2.05) is 19.1 Å². The quantitative estimate of drug-likeness (QED) is 0.634. The monoisotopic (exact) mass is 392 g/mol. The van der Waals surface area contributed by atoms with Crippen LogP contribution in [0.4, 0.5) is 15.9 Å². The highest BCUT2D eigenvalue weighted by molar-refractivity contribution is 9.10. The second kappa shape index (κ2) is 6.47. The molecule has 0 saturated carbocycles. The van der Waals surface area contributed by atoms with Gasteiger partial charge in [0.2, 0.25) is 5.95 Å². The maximum absolute atomic E-state index is 11.6. The van der Waals surface area contributed by atoms with Crippen molar-refractivity contribution in [2.75, 3.05) is 17.6 Å². The molecule has 4 N–H and O–H groups in total. The molecule has 0 aliphatic heterocycles. The fourth-order valence-electron chi connectivity index (χ4n) is 2.05. The first-order chi connectivity index (χ1) is 11.1.